The minimum Gasteiger partial charge on any atom is -0.389 e. The zero-order chi connectivity index (χ0) is 12.3. The highest BCUT2D eigenvalue weighted by molar-refractivity contribution is 4.88. The molecule has 17 heavy (non-hydrogen) atoms. The zero-order valence-electron chi connectivity index (χ0n) is 11.4. The van der Waals surface area contributed by atoms with Gasteiger partial charge in [-0.1, -0.05) is 26.2 Å². The predicted octanol–water partition coefficient (Wildman–Crippen LogP) is 1.61. The van der Waals surface area contributed by atoms with Crippen molar-refractivity contribution in [2.75, 3.05) is 26.7 Å². The fraction of sp³-hybridized carbons (Fsp3) is 1.00. The lowest BCUT2D eigenvalue weighted by Gasteiger charge is -2.39. The molecule has 0 bridgehead atoms. The van der Waals surface area contributed by atoms with Gasteiger partial charge in [0.15, 0.2) is 0 Å². The number of rotatable bonds is 3. The van der Waals surface area contributed by atoms with Crippen molar-refractivity contribution in [3.05, 3.63) is 0 Å². The van der Waals surface area contributed by atoms with Gasteiger partial charge in [-0.05, 0) is 38.8 Å². The summed E-state index contributed by atoms with van der Waals surface area (Å²) in [6.45, 7) is 5.47. The molecule has 0 spiro atoms. The first-order chi connectivity index (χ1) is 8.09. The molecule has 2 fully saturated rings. The van der Waals surface area contributed by atoms with Gasteiger partial charge in [0, 0.05) is 19.1 Å². The van der Waals surface area contributed by atoms with Crippen molar-refractivity contribution in [2.24, 2.45) is 5.92 Å². The molecule has 1 heterocycles. The third-order valence-corrected chi connectivity index (χ3v) is 4.59. The van der Waals surface area contributed by atoms with Crippen LogP contribution in [0, 0.1) is 5.92 Å². The molecular formula is C14H28N2O. The van der Waals surface area contributed by atoms with Gasteiger partial charge in [-0.3, -0.25) is 0 Å². The van der Waals surface area contributed by atoms with Crippen molar-refractivity contribution in [1.82, 2.24) is 10.2 Å². The molecule has 1 aliphatic carbocycles. The molecule has 0 aromatic rings. The highest BCUT2D eigenvalue weighted by Crippen LogP contribution is 2.28. The molecule has 2 N–H and O–H groups in total. The second-order valence-corrected chi connectivity index (χ2v) is 6.30. The van der Waals surface area contributed by atoms with Gasteiger partial charge in [0.25, 0.3) is 0 Å². The van der Waals surface area contributed by atoms with E-state index in [2.05, 4.69) is 24.2 Å². The quantitative estimate of drug-likeness (QED) is 0.787. The fourth-order valence-corrected chi connectivity index (χ4v) is 3.37. The Hall–Kier alpha value is -0.120. The van der Waals surface area contributed by atoms with E-state index in [-0.39, 0.29) is 0 Å². The molecule has 1 saturated carbocycles. The normalized spacial score (nSPS) is 34.8. The van der Waals surface area contributed by atoms with Gasteiger partial charge in [-0.15, -0.1) is 0 Å². The van der Waals surface area contributed by atoms with E-state index in [9.17, 15) is 5.11 Å². The molecule has 100 valence electrons. The highest BCUT2D eigenvalue weighted by atomic mass is 16.3. The number of likely N-dealkylation sites (tertiary alicyclic amines) is 1. The number of hydrogen-bond donors (Lipinski definition) is 2. The average molecular weight is 240 g/mol. The second-order valence-electron chi connectivity index (χ2n) is 6.30. The van der Waals surface area contributed by atoms with E-state index in [0.717, 1.165) is 19.4 Å². The van der Waals surface area contributed by atoms with Crippen LogP contribution in [0.4, 0.5) is 0 Å². The van der Waals surface area contributed by atoms with Crippen LogP contribution in [0.5, 0.6) is 0 Å². The minimum atomic E-state index is -0.415. The Balaban J connectivity index is 1.77. The van der Waals surface area contributed by atoms with Crippen LogP contribution < -0.4 is 5.32 Å². The molecule has 2 atom stereocenters. The molecule has 1 aliphatic heterocycles. The maximum absolute atomic E-state index is 10.5. The smallest absolute Gasteiger partial charge is 0.0771 e. The van der Waals surface area contributed by atoms with Crippen LogP contribution in [0.3, 0.4) is 0 Å². The summed E-state index contributed by atoms with van der Waals surface area (Å²) in [7, 11) is 2.20. The summed E-state index contributed by atoms with van der Waals surface area (Å²) in [4.78, 5) is 2.40. The molecule has 3 nitrogen and oxygen atoms in total. The number of nitrogens with one attached hydrogen (secondary N) is 1. The Kier molecular flexibility index (Phi) is 4.45. The lowest BCUT2D eigenvalue weighted by molar-refractivity contribution is -0.00121. The first-order valence-corrected chi connectivity index (χ1v) is 7.23. The van der Waals surface area contributed by atoms with Crippen molar-refractivity contribution in [1.29, 1.82) is 0 Å². The number of nitrogens with zero attached hydrogens (tertiary/aromatic N) is 1. The van der Waals surface area contributed by atoms with Crippen LogP contribution in [0.15, 0.2) is 0 Å². The Labute approximate surface area is 106 Å². The maximum atomic E-state index is 10.5. The van der Waals surface area contributed by atoms with Crippen molar-refractivity contribution in [3.8, 4) is 0 Å². The van der Waals surface area contributed by atoms with Gasteiger partial charge in [0.1, 0.15) is 0 Å². The predicted molar refractivity (Wildman–Crippen MR) is 71.1 cm³/mol. The van der Waals surface area contributed by atoms with Gasteiger partial charge in [0.2, 0.25) is 0 Å². The van der Waals surface area contributed by atoms with E-state index >= 15 is 0 Å². The Morgan fingerprint density at radius 1 is 1.29 bits per heavy atom. The van der Waals surface area contributed by atoms with Crippen LogP contribution in [-0.4, -0.2) is 48.3 Å². The van der Waals surface area contributed by atoms with Gasteiger partial charge in [-0.2, -0.15) is 0 Å². The average Bonchev–Trinajstić information content (AvgIpc) is 2.29. The lowest BCUT2D eigenvalue weighted by atomic mass is 9.84. The standard InChI is InChI=1S/C14H28N2O/c1-12-10-16(2)9-6-13(12)15-11-14(17)7-4-3-5-8-14/h12-13,15,17H,3-11H2,1-2H3. The van der Waals surface area contributed by atoms with Gasteiger partial charge < -0.3 is 15.3 Å². The SMILES string of the molecule is CC1CN(C)CCC1NCC1(O)CCCCC1. The van der Waals surface area contributed by atoms with Crippen LogP contribution in [-0.2, 0) is 0 Å². The van der Waals surface area contributed by atoms with E-state index < -0.39 is 5.60 Å². The third-order valence-electron chi connectivity index (χ3n) is 4.59. The first-order valence-electron chi connectivity index (χ1n) is 7.23. The van der Waals surface area contributed by atoms with Crippen molar-refractivity contribution in [3.63, 3.8) is 0 Å². The monoisotopic (exact) mass is 240 g/mol. The molecule has 1 saturated heterocycles. The van der Waals surface area contributed by atoms with E-state index in [1.54, 1.807) is 0 Å². The molecule has 0 amide bonds. The number of aliphatic hydroxyl groups is 1. The number of piperidine rings is 1. The van der Waals surface area contributed by atoms with Gasteiger partial charge in [-0.25, -0.2) is 0 Å². The molecule has 0 radical (unpaired) electrons. The molecule has 0 aromatic heterocycles. The van der Waals surface area contributed by atoms with Crippen molar-refractivity contribution < 1.29 is 5.11 Å². The van der Waals surface area contributed by atoms with Crippen molar-refractivity contribution >= 4 is 0 Å². The second kappa shape index (κ2) is 5.68. The summed E-state index contributed by atoms with van der Waals surface area (Å²) >= 11 is 0. The lowest BCUT2D eigenvalue weighted by Crippen LogP contribution is -2.52. The largest absolute Gasteiger partial charge is 0.389 e. The van der Waals surface area contributed by atoms with Crippen molar-refractivity contribution in [2.45, 2.75) is 57.1 Å². The summed E-state index contributed by atoms with van der Waals surface area (Å²) in [6, 6.07) is 0.595. The third kappa shape index (κ3) is 3.67. The Morgan fingerprint density at radius 3 is 2.65 bits per heavy atom. The van der Waals surface area contributed by atoms with Crippen LogP contribution in [0.25, 0.3) is 0 Å². The van der Waals surface area contributed by atoms with Crippen LogP contribution in [0.2, 0.25) is 0 Å². The van der Waals surface area contributed by atoms with Gasteiger partial charge >= 0.3 is 0 Å². The fourth-order valence-electron chi connectivity index (χ4n) is 3.37. The molecule has 2 rings (SSSR count). The molecular weight excluding hydrogens is 212 g/mol. The molecule has 2 aliphatic rings. The molecule has 3 heteroatoms. The van der Waals surface area contributed by atoms with E-state index in [1.165, 1.54) is 38.8 Å². The van der Waals surface area contributed by atoms with E-state index in [4.69, 9.17) is 0 Å². The van der Waals surface area contributed by atoms with E-state index in [0.29, 0.717) is 12.0 Å². The Morgan fingerprint density at radius 2 is 2.00 bits per heavy atom. The number of hydrogen-bond acceptors (Lipinski definition) is 3. The summed E-state index contributed by atoms with van der Waals surface area (Å²) < 4.78 is 0. The summed E-state index contributed by atoms with van der Waals surface area (Å²) in [5.74, 6) is 0.695. The molecule has 2 unspecified atom stereocenters. The Bertz CT molecular complexity index is 238. The molecule has 0 aromatic carbocycles. The van der Waals surface area contributed by atoms with E-state index in [1.807, 2.05) is 0 Å². The van der Waals surface area contributed by atoms with Crippen LogP contribution >= 0.6 is 0 Å². The van der Waals surface area contributed by atoms with Crippen LogP contribution in [0.1, 0.15) is 45.4 Å². The zero-order valence-corrected chi connectivity index (χ0v) is 11.4. The first kappa shape index (κ1) is 13.3. The highest BCUT2D eigenvalue weighted by Gasteiger charge is 2.31. The summed E-state index contributed by atoms with van der Waals surface area (Å²) in [5.41, 5.74) is -0.415. The maximum Gasteiger partial charge on any atom is 0.0771 e. The summed E-state index contributed by atoms with van der Waals surface area (Å²) in [6.07, 6.45) is 6.88. The van der Waals surface area contributed by atoms with Gasteiger partial charge in [0.05, 0.1) is 5.60 Å². The minimum absolute atomic E-state index is 0.415. The topological polar surface area (TPSA) is 35.5 Å². The summed E-state index contributed by atoms with van der Waals surface area (Å²) in [5, 5.41) is 14.1.